The highest BCUT2D eigenvalue weighted by Crippen LogP contribution is 2.59. The summed E-state index contributed by atoms with van der Waals surface area (Å²) >= 11 is 0. The van der Waals surface area contributed by atoms with E-state index < -0.39 is 5.41 Å². The van der Waals surface area contributed by atoms with Crippen molar-refractivity contribution in [3.63, 3.8) is 0 Å². The molecule has 0 atom stereocenters. The van der Waals surface area contributed by atoms with Crippen LogP contribution in [0.2, 0.25) is 0 Å². The molecule has 0 aliphatic heterocycles. The van der Waals surface area contributed by atoms with E-state index >= 15 is 0 Å². The lowest BCUT2D eigenvalue weighted by molar-refractivity contribution is 0.664. The van der Waals surface area contributed by atoms with E-state index in [1.165, 1.54) is 107 Å². The molecule has 65 heavy (non-hydrogen) atoms. The summed E-state index contributed by atoms with van der Waals surface area (Å²) in [7, 11) is 0. The Bertz CT molecular complexity index is 2610. The van der Waals surface area contributed by atoms with E-state index in [9.17, 15) is 0 Å². The largest absolute Gasteiger partial charge is 0.310 e. The van der Waals surface area contributed by atoms with Gasteiger partial charge in [-0.1, -0.05) is 185 Å². The number of rotatable bonds is 18. The molecule has 0 bridgehead atoms. The highest BCUT2D eigenvalue weighted by Gasteiger charge is 2.47. The minimum absolute atomic E-state index is 0.610. The van der Waals surface area contributed by atoms with Crippen molar-refractivity contribution in [1.29, 1.82) is 0 Å². The van der Waals surface area contributed by atoms with Crippen LogP contribution in [-0.2, 0) is 18.3 Å². The van der Waals surface area contributed by atoms with Crippen molar-refractivity contribution in [2.75, 3.05) is 9.80 Å². The van der Waals surface area contributed by atoms with Gasteiger partial charge >= 0.3 is 0 Å². The summed E-state index contributed by atoms with van der Waals surface area (Å²) in [6.07, 6.45) is 12.1. The van der Waals surface area contributed by atoms with Crippen LogP contribution in [-0.4, -0.2) is 0 Å². The van der Waals surface area contributed by atoms with E-state index in [0.717, 1.165) is 47.0 Å². The predicted octanol–water partition coefficient (Wildman–Crippen LogP) is 17.9. The van der Waals surface area contributed by atoms with Crippen LogP contribution in [0, 0.1) is 13.8 Å². The number of hydrogen-bond acceptors (Lipinski definition) is 2. The fourth-order valence-electron chi connectivity index (χ4n) is 10.2. The number of nitrogens with zero attached hydrogens (tertiary/aromatic N) is 2. The molecule has 0 amide bonds. The molecule has 0 heterocycles. The zero-order valence-corrected chi connectivity index (χ0v) is 38.9. The van der Waals surface area contributed by atoms with Crippen molar-refractivity contribution in [2.45, 2.75) is 97.3 Å². The Labute approximate surface area is 389 Å². The lowest BCUT2D eigenvalue weighted by atomic mass is 9.67. The van der Waals surface area contributed by atoms with Crippen molar-refractivity contribution >= 4 is 34.1 Å². The van der Waals surface area contributed by atoms with Crippen molar-refractivity contribution < 1.29 is 0 Å². The number of unbranched alkanes of at least 4 members (excludes halogenated alkanes) is 6. The summed E-state index contributed by atoms with van der Waals surface area (Å²) in [6, 6.07) is 73.6. The van der Waals surface area contributed by atoms with Gasteiger partial charge in [-0.25, -0.2) is 0 Å². The molecule has 1 aliphatic carbocycles. The van der Waals surface area contributed by atoms with E-state index in [0.29, 0.717) is 0 Å². The van der Waals surface area contributed by atoms with Crippen LogP contribution >= 0.6 is 0 Å². The SMILES string of the molecule is CCCCCCc1cccc(C2(c3cccc(CCCCCC)c3)c3cc(N(c4ccccc4)c4ccc(C)cc4)ccc3-c3ccc(N(c4ccccc4)c4ccc(C)cc4)cc32)c1. The van der Waals surface area contributed by atoms with E-state index in [-0.39, 0.29) is 0 Å². The van der Waals surface area contributed by atoms with Gasteiger partial charge in [0.1, 0.15) is 0 Å². The second-order valence-corrected chi connectivity index (χ2v) is 18.2. The molecule has 8 aromatic carbocycles. The maximum Gasteiger partial charge on any atom is 0.0715 e. The quantitative estimate of drug-likeness (QED) is 0.0794. The fourth-order valence-corrected chi connectivity index (χ4v) is 10.2. The molecule has 9 rings (SSSR count). The van der Waals surface area contributed by atoms with Crippen molar-refractivity contribution in [3.8, 4) is 11.1 Å². The number of benzene rings is 8. The molecule has 0 aromatic heterocycles. The third kappa shape index (κ3) is 9.05. The van der Waals surface area contributed by atoms with Gasteiger partial charge in [0.25, 0.3) is 0 Å². The van der Waals surface area contributed by atoms with Gasteiger partial charge in [-0.15, -0.1) is 0 Å². The predicted molar refractivity (Wildman–Crippen MR) is 278 cm³/mol. The van der Waals surface area contributed by atoms with Gasteiger partial charge in [-0.05, 0) is 157 Å². The smallest absolute Gasteiger partial charge is 0.0715 e. The molecular formula is C63H64N2. The second-order valence-electron chi connectivity index (χ2n) is 18.2. The average Bonchev–Trinajstić information content (AvgIpc) is 3.64. The molecule has 2 heteroatoms. The molecule has 0 saturated heterocycles. The van der Waals surface area contributed by atoms with Gasteiger partial charge in [0.05, 0.1) is 5.41 Å². The molecule has 0 saturated carbocycles. The zero-order chi connectivity index (χ0) is 44.6. The third-order valence-corrected chi connectivity index (χ3v) is 13.6. The van der Waals surface area contributed by atoms with Gasteiger partial charge in [-0.2, -0.15) is 0 Å². The number of anilines is 6. The molecular weight excluding hydrogens is 785 g/mol. The van der Waals surface area contributed by atoms with Gasteiger partial charge in [0.2, 0.25) is 0 Å². The lowest BCUT2D eigenvalue weighted by Crippen LogP contribution is -2.29. The van der Waals surface area contributed by atoms with Crippen LogP contribution in [0.5, 0.6) is 0 Å². The maximum absolute atomic E-state index is 2.56. The monoisotopic (exact) mass is 849 g/mol. The first-order valence-corrected chi connectivity index (χ1v) is 24.3. The van der Waals surface area contributed by atoms with Crippen LogP contribution in [0.25, 0.3) is 11.1 Å². The first-order chi connectivity index (χ1) is 32.0. The number of aryl methyl sites for hydroxylation is 4. The number of fused-ring (bicyclic) bond motifs is 3. The van der Waals surface area contributed by atoms with Crippen LogP contribution < -0.4 is 9.80 Å². The average molecular weight is 849 g/mol. The normalized spacial score (nSPS) is 12.4. The Morgan fingerprint density at radius 1 is 0.338 bits per heavy atom. The second kappa shape index (κ2) is 20.0. The first-order valence-electron chi connectivity index (χ1n) is 24.3. The summed E-state index contributed by atoms with van der Waals surface area (Å²) in [4.78, 5) is 4.86. The summed E-state index contributed by atoms with van der Waals surface area (Å²) in [5, 5.41) is 0. The molecule has 0 unspecified atom stereocenters. The molecule has 1 aliphatic rings. The van der Waals surface area contributed by atoms with Crippen molar-refractivity contribution in [3.05, 3.63) is 239 Å². The Kier molecular flexibility index (Phi) is 13.4. The minimum atomic E-state index is -0.610. The Hall–Kier alpha value is -6.64. The molecule has 0 N–H and O–H groups in total. The summed E-state index contributed by atoms with van der Waals surface area (Å²) in [5.74, 6) is 0. The number of para-hydroxylation sites is 2. The molecule has 0 radical (unpaired) electrons. The molecule has 0 spiro atoms. The fraction of sp³-hybridized carbons (Fsp3) is 0.238. The van der Waals surface area contributed by atoms with E-state index in [1.54, 1.807) is 0 Å². The van der Waals surface area contributed by atoms with Gasteiger partial charge in [0, 0.05) is 34.1 Å². The van der Waals surface area contributed by atoms with Crippen molar-refractivity contribution in [2.24, 2.45) is 0 Å². The van der Waals surface area contributed by atoms with E-state index in [4.69, 9.17) is 0 Å². The third-order valence-electron chi connectivity index (χ3n) is 13.6. The van der Waals surface area contributed by atoms with Crippen molar-refractivity contribution in [1.82, 2.24) is 0 Å². The Balaban J connectivity index is 1.33. The highest BCUT2D eigenvalue weighted by molar-refractivity contribution is 5.92. The lowest BCUT2D eigenvalue weighted by Gasteiger charge is -2.36. The number of hydrogen-bond donors (Lipinski definition) is 0. The standard InChI is InChI=1S/C63H64N2/c1-5-7-9-13-21-49-23-19-25-51(43-49)63(52-26-20-24-50(44-52)22-14-10-8-6-2)61-45-57(64(53-27-15-11-16-28-53)55-35-31-47(3)32-36-55)39-41-59(61)60-42-40-58(46-62(60)63)65(54-29-17-12-18-30-54)56-37-33-48(4)34-38-56/h11-12,15-20,23-46H,5-10,13-14,21-22H2,1-4H3. The van der Waals surface area contributed by atoms with Crippen LogP contribution in [0.15, 0.2) is 194 Å². The van der Waals surface area contributed by atoms with E-state index in [2.05, 4.69) is 232 Å². The maximum atomic E-state index is 2.56. The van der Waals surface area contributed by atoms with Gasteiger partial charge in [0.15, 0.2) is 0 Å². The summed E-state index contributed by atoms with van der Waals surface area (Å²) in [6.45, 7) is 8.93. The summed E-state index contributed by atoms with van der Waals surface area (Å²) in [5.41, 5.74) is 19.4. The molecule has 2 nitrogen and oxygen atoms in total. The summed E-state index contributed by atoms with van der Waals surface area (Å²) < 4.78 is 0. The molecule has 0 fully saturated rings. The van der Waals surface area contributed by atoms with E-state index in [1.807, 2.05) is 0 Å². The molecule has 326 valence electrons. The van der Waals surface area contributed by atoms with Crippen LogP contribution in [0.3, 0.4) is 0 Å². The Morgan fingerprint density at radius 3 is 1.12 bits per heavy atom. The van der Waals surface area contributed by atoms with Crippen LogP contribution in [0.4, 0.5) is 34.1 Å². The zero-order valence-electron chi connectivity index (χ0n) is 38.9. The minimum Gasteiger partial charge on any atom is -0.310 e. The van der Waals surface area contributed by atoms with Gasteiger partial charge in [-0.3, -0.25) is 0 Å². The van der Waals surface area contributed by atoms with Gasteiger partial charge < -0.3 is 9.80 Å². The topological polar surface area (TPSA) is 6.48 Å². The first kappa shape index (κ1) is 43.6. The Morgan fingerprint density at radius 2 is 0.723 bits per heavy atom. The van der Waals surface area contributed by atoms with Crippen LogP contribution in [0.1, 0.15) is 110 Å². The molecule has 8 aromatic rings. The highest BCUT2D eigenvalue weighted by atomic mass is 15.1.